The molecule has 0 spiro atoms. The summed E-state index contributed by atoms with van der Waals surface area (Å²) in [6.07, 6.45) is 6.88. The second kappa shape index (κ2) is 5.78. The van der Waals surface area contributed by atoms with Crippen LogP contribution in [0.5, 0.6) is 0 Å². The fourth-order valence-electron chi connectivity index (χ4n) is 3.38. The Balaban J connectivity index is 1.76. The number of rotatable bonds is 3. The molecule has 0 radical (unpaired) electrons. The van der Waals surface area contributed by atoms with Crippen LogP contribution in [0.3, 0.4) is 0 Å². The highest BCUT2D eigenvalue weighted by molar-refractivity contribution is 6.01. The first-order valence-corrected chi connectivity index (χ1v) is 7.66. The van der Waals surface area contributed by atoms with Gasteiger partial charge in [0.25, 0.3) is 0 Å². The Bertz CT molecular complexity index is 517. The highest BCUT2D eigenvalue weighted by atomic mass is 16.2. The maximum atomic E-state index is 12.4. The fourth-order valence-corrected chi connectivity index (χ4v) is 3.38. The molecule has 1 fully saturated rings. The van der Waals surface area contributed by atoms with E-state index in [0.717, 1.165) is 37.8 Å². The maximum Gasteiger partial charge on any atom is 0.227 e. The van der Waals surface area contributed by atoms with Gasteiger partial charge in [-0.15, -0.1) is 0 Å². The molecule has 1 aromatic rings. The van der Waals surface area contributed by atoms with Crippen LogP contribution in [0.25, 0.3) is 0 Å². The lowest BCUT2D eigenvalue weighted by atomic mass is 9.86. The Kier molecular flexibility index (Phi) is 3.86. The number of hydrogen-bond acceptors (Lipinski definition) is 2. The molecule has 0 bridgehead atoms. The van der Waals surface area contributed by atoms with Crippen LogP contribution < -0.4 is 4.90 Å². The van der Waals surface area contributed by atoms with Gasteiger partial charge in [-0.25, -0.2) is 0 Å². The molecule has 3 rings (SSSR count). The smallest absolute Gasteiger partial charge is 0.227 e. The molecule has 3 heteroatoms. The molecule has 106 valence electrons. The SMILES string of the molecule is O=C(CN1C(=O)CCc2ccccc21)C1CCCCC1. The highest BCUT2D eigenvalue weighted by Crippen LogP contribution is 2.29. The Hall–Kier alpha value is -1.64. The van der Waals surface area contributed by atoms with Gasteiger partial charge in [0.2, 0.25) is 5.91 Å². The first-order valence-electron chi connectivity index (χ1n) is 7.66. The summed E-state index contributed by atoms with van der Waals surface area (Å²) >= 11 is 0. The van der Waals surface area contributed by atoms with E-state index in [4.69, 9.17) is 0 Å². The molecule has 1 amide bonds. The second-order valence-electron chi connectivity index (χ2n) is 5.91. The molecule has 1 aromatic carbocycles. The number of benzene rings is 1. The van der Waals surface area contributed by atoms with Crippen molar-refractivity contribution in [2.45, 2.75) is 44.9 Å². The van der Waals surface area contributed by atoms with Gasteiger partial charge in [0.05, 0.1) is 6.54 Å². The van der Waals surface area contributed by atoms with Gasteiger partial charge in [-0.2, -0.15) is 0 Å². The van der Waals surface area contributed by atoms with Gasteiger partial charge in [0.1, 0.15) is 0 Å². The van der Waals surface area contributed by atoms with Gasteiger partial charge in [0, 0.05) is 18.0 Å². The number of Topliss-reactive ketones (excluding diaryl/α,β-unsaturated/α-hetero) is 1. The largest absolute Gasteiger partial charge is 0.305 e. The first-order chi connectivity index (χ1) is 9.75. The minimum absolute atomic E-state index is 0.0906. The number of nitrogens with zero attached hydrogens (tertiary/aromatic N) is 1. The summed E-state index contributed by atoms with van der Waals surface area (Å²) in [5, 5.41) is 0. The number of para-hydroxylation sites is 1. The molecule has 1 aliphatic heterocycles. The van der Waals surface area contributed by atoms with Crippen molar-refractivity contribution in [3.63, 3.8) is 0 Å². The molecule has 1 aliphatic carbocycles. The average molecular weight is 271 g/mol. The van der Waals surface area contributed by atoms with Crippen LogP contribution in [0, 0.1) is 5.92 Å². The van der Waals surface area contributed by atoms with E-state index in [2.05, 4.69) is 6.07 Å². The summed E-state index contributed by atoms with van der Waals surface area (Å²) in [6, 6.07) is 7.95. The van der Waals surface area contributed by atoms with Gasteiger partial charge < -0.3 is 4.90 Å². The minimum atomic E-state index is 0.0906. The topological polar surface area (TPSA) is 37.4 Å². The van der Waals surface area contributed by atoms with E-state index in [-0.39, 0.29) is 24.2 Å². The van der Waals surface area contributed by atoms with Crippen molar-refractivity contribution in [1.82, 2.24) is 0 Å². The van der Waals surface area contributed by atoms with E-state index < -0.39 is 0 Å². The van der Waals surface area contributed by atoms with E-state index in [1.807, 2.05) is 18.2 Å². The van der Waals surface area contributed by atoms with Crippen LogP contribution in [0.1, 0.15) is 44.1 Å². The third-order valence-electron chi connectivity index (χ3n) is 4.57. The molecular weight excluding hydrogens is 250 g/mol. The summed E-state index contributed by atoms with van der Waals surface area (Å²) < 4.78 is 0. The molecule has 0 unspecified atom stereocenters. The van der Waals surface area contributed by atoms with Crippen LogP contribution in [-0.4, -0.2) is 18.2 Å². The monoisotopic (exact) mass is 271 g/mol. The second-order valence-corrected chi connectivity index (χ2v) is 5.91. The van der Waals surface area contributed by atoms with Crippen molar-refractivity contribution in [3.8, 4) is 0 Å². The first kappa shape index (κ1) is 13.3. The maximum absolute atomic E-state index is 12.4. The van der Waals surface area contributed by atoms with Crippen LogP contribution in [0.4, 0.5) is 5.69 Å². The zero-order valence-electron chi connectivity index (χ0n) is 11.8. The standard InChI is InChI=1S/C17H21NO2/c19-16(14-7-2-1-3-8-14)12-18-15-9-5-4-6-13(15)10-11-17(18)20/h4-6,9,14H,1-3,7-8,10-12H2. The summed E-state index contributed by atoms with van der Waals surface area (Å²) in [5.74, 6) is 0.508. The van der Waals surface area contributed by atoms with Crippen molar-refractivity contribution in [1.29, 1.82) is 0 Å². The van der Waals surface area contributed by atoms with E-state index in [1.165, 1.54) is 12.0 Å². The fraction of sp³-hybridized carbons (Fsp3) is 0.529. The van der Waals surface area contributed by atoms with E-state index in [0.29, 0.717) is 6.42 Å². The zero-order chi connectivity index (χ0) is 13.9. The molecular formula is C17H21NO2. The third-order valence-corrected chi connectivity index (χ3v) is 4.57. The Labute approximate surface area is 120 Å². The number of ketones is 1. The predicted octanol–water partition coefficient (Wildman–Crippen LogP) is 3.12. The van der Waals surface area contributed by atoms with Crippen molar-refractivity contribution in [3.05, 3.63) is 29.8 Å². The lowest BCUT2D eigenvalue weighted by Gasteiger charge is -2.30. The lowest BCUT2D eigenvalue weighted by molar-refractivity contribution is -0.125. The molecule has 0 saturated heterocycles. The van der Waals surface area contributed by atoms with Gasteiger partial charge in [-0.05, 0) is 30.9 Å². The molecule has 1 saturated carbocycles. The lowest BCUT2D eigenvalue weighted by Crippen LogP contribution is -2.41. The third kappa shape index (κ3) is 2.62. The summed E-state index contributed by atoms with van der Waals surface area (Å²) in [5.41, 5.74) is 2.12. The average Bonchev–Trinajstić information content (AvgIpc) is 2.51. The van der Waals surface area contributed by atoms with Crippen LogP contribution in [0.2, 0.25) is 0 Å². The summed E-state index contributed by atoms with van der Waals surface area (Å²) in [6.45, 7) is 0.264. The van der Waals surface area contributed by atoms with Crippen molar-refractivity contribution in [2.24, 2.45) is 5.92 Å². The number of amides is 1. The number of aryl methyl sites for hydroxylation is 1. The number of carbonyl (C=O) groups excluding carboxylic acids is 2. The number of carbonyl (C=O) groups is 2. The Morgan fingerprint density at radius 3 is 2.65 bits per heavy atom. The van der Waals surface area contributed by atoms with E-state index in [9.17, 15) is 9.59 Å². The van der Waals surface area contributed by atoms with Crippen LogP contribution in [0.15, 0.2) is 24.3 Å². The van der Waals surface area contributed by atoms with Crippen molar-refractivity contribution < 1.29 is 9.59 Å². The number of fused-ring (bicyclic) bond motifs is 1. The molecule has 2 aliphatic rings. The number of anilines is 1. The summed E-state index contributed by atoms with van der Waals surface area (Å²) in [7, 11) is 0. The van der Waals surface area contributed by atoms with Gasteiger partial charge >= 0.3 is 0 Å². The predicted molar refractivity (Wildman–Crippen MR) is 78.7 cm³/mol. The highest BCUT2D eigenvalue weighted by Gasteiger charge is 2.29. The quantitative estimate of drug-likeness (QED) is 0.847. The normalized spacial score (nSPS) is 19.8. The molecule has 3 nitrogen and oxygen atoms in total. The van der Waals surface area contributed by atoms with E-state index >= 15 is 0 Å². The summed E-state index contributed by atoms with van der Waals surface area (Å²) in [4.78, 5) is 26.3. The minimum Gasteiger partial charge on any atom is -0.305 e. The zero-order valence-corrected chi connectivity index (χ0v) is 11.8. The van der Waals surface area contributed by atoms with Crippen molar-refractivity contribution >= 4 is 17.4 Å². The van der Waals surface area contributed by atoms with Crippen LogP contribution >= 0.6 is 0 Å². The Morgan fingerprint density at radius 1 is 1.10 bits per heavy atom. The van der Waals surface area contributed by atoms with Gasteiger partial charge in [-0.1, -0.05) is 37.5 Å². The van der Waals surface area contributed by atoms with E-state index in [1.54, 1.807) is 4.90 Å². The molecule has 0 aromatic heterocycles. The van der Waals surface area contributed by atoms with Gasteiger partial charge in [0.15, 0.2) is 5.78 Å². The molecule has 20 heavy (non-hydrogen) atoms. The van der Waals surface area contributed by atoms with Gasteiger partial charge in [-0.3, -0.25) is 9.59 Å². The van der Waals surface area contributed by atoms with Crippen LogP contribution in [-0.2, 0) is 16.0 Å². The number of hydrogen-bond donors (Lipinski definition) is 0. The molecule has 0 N–H and O–H groups in total. The van der Waals surface area contributed by atoms with Crippen molar-refractivity contribution in [2.75, 3.05) is 11.4 Å². The molecule has 0 atom stereocenters. The Morgan fingerprint density at radius 2 is 1.85 bits per heavy atom. The molecule has 1 heterocycles.